The molecule has 3 aromatic rings. The van der Waals surface area contributed by atoms with Crippen molar-refractivity contribution in [3.05, 3.63) is 69.8 Å². The number of aromatic hydroxyl groups is 1. The van der Waals surface area contributed by atoms with E-state index in [2.05, 4.69) is 5.32 Å². The summed E-state index contributed by atoms with van der Waals surface area (Å²) in [6.45, 7) is 2.04. The summed E-state index contributed by atoms with van der Waals surface area (Å²) in [5.41, 5.74) is 1.74. The molecular formula is C17H14FNO3. The zero-order valence-corrected chi connectivity index (χ0v) is 11.9. The van der Waals surface area contributed by atoms with Gasteiger partial charge in [-0.1, -0.05) is 6.07 Å². The summed E-state index contributed by atoms with van der Waals surface area (Å²) in [6.07, 6.45) is 0. The van der Waals surface area contributed by atoms with Crippen LogP contribution in [0.25, 0.3) is 11.0 Å². The van der Waals surface area contributed by atoms with E-state index in [4.69, 9.17) is 4.42 Å². The molecule has 0 aliphatic rings. The number of benzene rings is 2. The van der Waals surface area contributed by atoms with Gasteiger partial charge in [0, 0.05) is 29.8 Å². The van der Waals surface area contributed by atoms with Crippen molar-refractivity contribution >= 4 is 16.7 Å². The van der Waals surface area contributed by atoms with E-state index in [-0.39, 0.29) is 11.6 Å². The Hall–Kier alpha value is -2.82. The summed E-state index contributed by atoms with van der Waals surface area (Å²) in [7, 11) is 0. The van der Waals surface area contributed by atoms with Crippen LogP contribution in [-0.4, -0.2) is 5.11 Å². The molecule has 0 radical (unpaired) electrons. The average Bonchev–Trinajstić information content (AvgIpc) is 2.47. The van der Waals surface area contributed by atoms with Crippen molar-refractivity contribution in [1.82, 2.24) is 0 Å². The number of phenols is 1. The molecule has 3 rings (SSSR count). The molecule has 22 heavy (non-hydrogen) atoms. The number of aryl methyl sites for hydroxylation is 1. The summed E-state index contributed by atoms with van der Waals surface area (Å²) in [4.78, 5) is 11.6. The lowest BCUT2D eigenvalue weighted by Gasteiger charge is -2.09. The molecule has 0 bridgehead atoms. The molecule has 0 unspecified atom stereocenters. The van der Waals surface area contributed by atoms with Crippen LogP contribution in [0, 0.1) is 12.7 Å². The van der Waals surface area contributed by atoms with Crippen LogP contribution in [0.3, 0.4) is 0 Å². The fourth-order valence-corrected chi connectivity index (χ4v) is 2.26. The second kappa shape index (κ2) is 5.52. The minimum atomic E-state index is -0.495. The van der Waals surface area contributed by atoms with Gasteiger partial charge in [-0.2, -0.15) is 0 Å². The van der Waals surface area contributed by atoms with Crippen LogP contribution >= 0.6 is 0 Å². The van der Waals surface area contributed by atoms with E-state index in [1.165, 1.54) is 24.3 Å². The summed E-state index contributed by atoms with van der Waals surface area (Å²) in [6, 6.07) is 10.9. The topological polar surface area (TPSA) is 62.5 Å². The number of rotatable bonds is 3. The molecule has 112 valence electrons. The third-order valence-electron chi connectivity index (χ3n) is 3.47. The van der Waals surface area contributed by atoms with Crippen molar-refractivity contribution in [3.63, 3.8) is 0 Å². The average molecular weight is 299 g/mol. The van der Waals surface area contributed by atoms with Gasteiger partial charge in [-0.25, -0.2) is 9.18 Å². The van der Waals surface area contributed by atoms with Gasteiger partial charge in [-0.15, -0.1) is 0 Å². The van der Waals surface area contributed by atoms with Crippen LogP contribution in [0.4, 0.5) is 10.1 Å². The van der Waals surface area contributed by atoms with Gasteiger partial charge >= 0.3 is 5.63 Å². The second-order valence-electron chi connectivity index (χ2n) is 5.09. The Labute approximate surface area is 125 Å². The summed E-state index contributed by atoms with van der Waals surface area (Å²) >= 11 is 0. The molecule has 1 aromatic heterocycles. The van der Waals surface area contributed by atoms with E-state index < -0.39 is 5.63 Å². The Morgan fingerprint density at radius 1 is 1.18 bits per heavy atom. The van der Waals surface area contributed by atoms with Gasteiger partial charge in [-0.05, 0) is 42.3 Å². The molecule has 1 heterocycles. The van der Waals surface area contributed by atoms with Crippen molar-refractivity contribution in [1.29, 1.82) is 0 Å². The molecular weight excluding hydrogens is 285 g/mol. The molecule has 0 fully saturated rings. The molecule has 0 aliphatic heterocycles. The van der Waals surface area contributed by atoms with Gasteiger partial charge in [-0.3, -0.25) is 0 Å². The highest BCUT2D eigenvalue weighted by molar-refractivity contribution is 5.81. The normalized spacial score (nSPS) is 10.8. The molecule has 0 saturated carbocycles. The number of nitrogens with one attached hydrogen (secondary N) is 1. The van der Waals surface area contributed by atoms with Crippen LogP contribution in [0.1, 0.15) is 11.1 Å². The Kier molecular flexibility index (Phi) is 3.55. The molecule has 2 N–H and O–H groups in total. The standard InChI is InChI=1S/C17H14FNO3/c1-10-2-3-12(7-15(10)18)19-9-11-6-17(21)22-16-8-13(20)4-5-14(11)16/h2-8,19-20H,9H2,1H3. The molecule has 0 atom stereocenters. The first-order valence-electron chi connectivity index (χ1n) is 6.79. The van der Waals surface area contributed by atoms with Crippen LogP contribution in [-0.2, 0) is 6.54 Å². The fraction of sp³-hybridized carbons (Fsp3) is 0.118. The molecule has 4 nitrogen and oxygen atoms in total. The van der Waals surface area contributed by atoms with Crippen LogP contribution < -0.4 is 10.9 Å². The molecule has 2 aromatic carbocycles. The van der Waals surface area contributed by atoms with E-state index in [9.17, 15) is 14.3 Å². The molecule has 0 saturated heterocycles. The van der Waals surface area contributed by atoms with Gasteiger partial charge in [0.25, 0.3) is 0 Å². The Morgan fingerprint density at radius 3 is 2.77 bits per heavy atom. The zero-order valence-electron chi connectivity index (χ0n) is 11.9. The van der Waals surface area contributed by atoms with Crippen molar-refractivity contribution in [2.75, 3.05) is 5.32 Å². The first kappa shape index (κ1) is 14.1. The molecule has 0 aliphatic carbocycles. The lowest BCUT2D eigenvalue weighted by Crippen LogP contribution is -2.06. The van der Waals surface area contributed by atoms with Crippen LogP contribution in [0.15, 0.2) is 51.7 Å². The highest BCUT2D eigenvalue weighted by Gasteiger charge is 2.07. The maximum atomic E-state index is 13.5. The fourth-order valence-electron chi connectivity index (χ4n) is 2.26. The van der Waals surface area contributed by atoms with E-state index in [1.807, 2.05) is 0 Å². The molecule has 5 heteroatoms. The van der Waals surface area contributed by atoms with Crippen molar-refractivity contribution in [3.8, 4) is 5.75 Å². The monoisotopic (exact) mass is 299 g/mol. The van der Waals surface area contributed by atoms with Gasteiger partial charge in [0.2, 0.25) is 0 Å². The van der Waals surface area contributed by atoms with Gasteiger partial charge in [0.1, 0.15) is 17.1 Å². The SMILES string of the molecule is Cc1ccc(NCc2cc(=O)oc3cc(O)ccc23)cc1F. The first-order chi connectivity index (χ1) is 10.5. The lowest BCUT2D eigenvalue weighted by molar-refractivity contribution is 0.473. The Bertz CT molecular complexity index is 902. The Balaban J connectivity index is 1.93. The third-order valence-corrected chi connectivity index (χ3v) is 3.47. The lowest BCUT2D eigenvalue weighted by atomic mass is 10.1. The van der Waals surface area contributed by atoms with Crippen molar-refractivity contribution < 1.29 is 13.9 Å². The van der Waals surface area contributed by atoms with Crippen molar-refractivity contribution in [2.45, 2.75) is 13.5 Å². The van der Waals surface area contributed by atoms with Gasteiger partial charge < -0.3 is 14.8 Å². The van der Waals surface area contributed by atoms with E-state index in [1.54, 1.807) is 25.1 Å². The second-order valence-corrected chi connectivity index (χ2v) is 5.09. The highest BCUT2D eigenvalue weighted by Crippen LogP contribution is 2.23. The summed E-state index contributed by atoms with van der Waals surface area (Å²) < 4.78 is 18.6. The summed E-state index contributed by atoms with van der Waals surface area (Å²) in [5, 5.41) is 13.3. The van der Waals surface area contributed by atoms with Gasteiger partial charge in [0.05, 0.1) is 0 Å². The highest BCUT2D eigenvalue weighted by atomic mass is 19.1. The molecule has 0 spiro atoms. The smallest absolute Gasteiger partial charge is 0.336 e. The predicted molar refractivity (Wildman–Crippen MR) is 82.6 cm³/mol. The number of anilines is 1. The minimum absolute atomic E-state index is 0.0290. The number of phenolic OH excluding ortho intramolecular Hbond substituents is 1. The number of halogens is 1. The van der Waals surface area contributed by atoms with E-state index in [0.29, 0.717) is 28.9 Å². The predicted octanol–water partition coefficient (Wildman–Crippen LogP) is 3.56. The first-order valence-corrected chi connectivity index (χ1v) is 6.79. The maximum Gasteiger partial charge on any atom is 0.336 e. The molecule has 0 amide bonds. The number of hydrogen-bond acceptors (Lipinski definition) is 4. The number of hydrogen-bond donors (Lipinski definition) is 2. The van der Waals surface area contributed by atoms with E-state index in [0.717, 1.165) is 5.39 Å². The Morgan fingerprint density at radius 2 is 2.00 bits per heavy atom. The largest absolute Gasteiger partial charge is 0.508 e. The number of fused-ring (bicyclic) bond motifs is 1. The van der Waals surface area contributed by atoms with Crippen molar-refractivity contribution in [2.24, 2.45) is 0 Å². The minimum Gasteiger partial charge on any atom is -0.508 e. The maximum absolute atomic E-state index is 13.5. The van der Waals surface area contributed by atoms with Crippen LogP contribution in [0.5, 0.6) is 5.75 Å². The summed E-state index contributed by atoms with van der Waals surface area (Å²) in [5.74, 6) is -0.256. The van der Waals surface area contributed by atoms with Gasteiger partial charge in [0.15, 0.2) is 0 Å². The van der Waals surface area contributed by atoms with Crippen LogP contribution in [0.2, 0.25) is 0 Å². The third kappa shape index (κ3) is 2.79. The van der Waals surface area contributed by atoms with E-state index >= 15 is 0 Å². The quantitative estimate of drug-likeness (QED) is 0.726. The zero-order chi connectivity index (χ0) is 15.7.